The number of aromatic nitrogens is 4. The molecule has 35 heavy (non-hydrogen) atoms. The van der Waals surface area contributed by atoms with Crippen LogP contribution in [-0.2, 0) is 12.8 Å². The maximum atomic E-state index is 5.26. The van der Waals surface area contributed by atoms with E-state index in [1.165, 1.54) is 44.5 Å². The summed E-state index contributed by atoms with van der Waals surface area (Å²) in [5.41, 5.74) is 16.1. The Balaban J connectivity index is 1.36. The molecule has 2 aliphatic rings. The lowest BCUT2D eigenvalue weighted by molar-refractivity contribution is 1.17. The van der Waals surface area contributed by atoms with Gasteiger partial charge in [0.15, 0.2) is 0 Å². The lowest BCUT2D eigenvalue weighted by atomic mass is 9.96. The molecule has 2 aliphatic carbocycles. The number of imidazole rings is 1. The van der Waals surface area contributed by atoms with Crippen molar-refractivity contribution in [3.63, 3.8) is 0 Å². The predicted molar refractivity (Wildman–Crippen MR) is 140 cm³/mol. The van der Waals surface area contributed by atoms with E-state index in [0.717, 1.165) is 51.5 Å². The minimum Gasteiger partial charge on any atom is -0.276 e. The Bertz CT molecular complexity index is 2070. The molecule has 0 saturated heterocycles. The SMILES string of the molecule is c1ccc2c(c1)Cc1c-2ccc2c1Cc1c-2ccc2c1nc1c3cccnc3c3cccnc3n21. The van der Waals surface area contributed by atoms with Crippen molar-refractivity contribution in [2.75, 3.05) is 0 Å². The average molecular weight is 447 g/mol. The van der Waals surface area contributed by atoms with Crippen LogP contribution in [0.1, 0.15) is 22.3 Å². The maximum absolute atomic E-state index is 5.26. The molecule has 0 radical (unpaired) electrons. The quantitative estimate of drug-likeness (QED) is 0.243. The van der Waals surface area contributed by atoms with E-state index in [4.69, 9.17) is 15.0 Å². The van der Waals surface area contributed by atoms with Gasteiger partial charge >= 0.3 is 0 Å². The number of nitrogens with zero attached hydrogens (tertiary/aromatic N) is 4. The molecule has 4 aromatic heterocycles. The second-order valence-electron chi connectivity index (χ2n) is 9.63. The zero-order valence-corrected chi connectivity index (χ0v) is 18.8. The van der Waals surface area contributed by atoms with Crippen molar-refractivity contribution in [3.8, 4) is 22.3 Å². The first-order valence-electron chi connectivity index (χ1n) is 12.1. The van der Waals surface area contributed by atoms with Crippen LogP contribution in [0.5, 0.6) is 0 Å². The van der Waals surface area contributed by atoms with E-state index < -0.39 is 0 Å². The summed E-state index contributed by atoms with van der Waals surface area (Å²) in [7, 11) is 0. The standard InChI is InChI=1S/C31H18N4/c1-2-6-18-17(5-1)15-24-19(18)9-10-20-21-11-12-27-29(26(21)16-25(20)24)34-31-23-8-3-13-32-28(23)22-7-4-14-33-30(22)35(27)31/h1-14H,15-16H2. The summed E-state index contributed by atoms with van der Waals surface area (Å²) in [6, 6.07) is 26.2. The van der Waals surface area contributed by atoms with E-state index >= 15 is 0 Å². The molecule has 0 spiro atoms. The van der Waals surface area contributed by atoms with Crippen LogP contribution in [0.3, 0.4) is 0 Å². The van der Waals surface area contributed by atoms with Crippen molar-refractivity contribution < 1.29 is 0 Å². The van der Waals surface area contributed by atoms with Crippen LogP contribution >= 0.6 is 0 Å². The first kappa shape index (κ1) is 17.8. The summed E-state index contributed by atoms with van der Waals surface area (Å²) in [6.07, 6.45) is 5.64. The molecule has 4 nitrogen and oxygen atoms in total. The lowest BCUT2D eigenvalue weighted by Crippen LogP contribution is -1.94. The molecule has 0 aliphatic heterocycles. The van der Waals surface area contributed by atoms with Gasteiger partial charge in [-0.3, -0.25) is 9.38 Å². The predicted octanol–water partition coefficient (Wildman–Crippen LogP) is 6.73. The Morgan fingerprint density at radius 2 is 1.26 bits per heavy atom. The third kappa shape index (κ3) is 2.11. The number of hydrogen-bond donors (Lipinski definition) is 0. The lowest BCUT2D eigenvalue weighted by Gasteiger charge is -2.08. The Kier molecular flexibility index (Phi) is 3.11. The number of fused-ring (bicyclic) bond motifs is 16. The van der Waals surface area contributed by atoms with Gasteiger partial charge in [0.05, 0.1) is 16.6 Å². The highest BCUT2D eigenvalue weighted by Crippen LogP contribution is 2.48. The van der Waals surface area contributed by atoms with E-state index in [1.54, 1.807) is 0 Å². The van der Waals surface area contributed by atoms with Gasteiger partial charge in [0.1, 0.15) is 11.3 Å². The molecule has 7 aromatic rings. The van der Waals surface area contributed by atoms with Gasteiger partial charge in [-0.15, -0.1) is 0 Å². The van der Waals surface area contributed by atoms with E-state index in [1.807, 2.05) is 24.5 Å². The van der Waals surface area contributed by atoms with Crippen LogP contribution in [0.4, 0.5) is 0 Å². The number of benzene rings is 3. The Morgan fingerprint density at radius 1 is 0.543 bits per heavy atom. The van der Waals surface area contributed by atoms with Crippen molar-refractivity contribution in [1.82, 2.24) is 19.4 Å². The van der Waals surface area contributed by atoms with Gasteiger partial charge in [-0.1, -0.05) is 42.5 Å². The van der Waals surface area contributed by atoms with E-state index in [2.05, 4.69) is 65.1 Å². The summed E-state index contributed by atoms with van der Waals surface area (Å²) in [5.74, 6) is 0. The molecule has 9 rings (SSSR count). The summed E-state index contributed by atoms with van der Waals surface area (Å²) in [4.78, 5) is 14.7. The third-order valence-electron chi connectivity index (χ3n) is 7.98. The largest absolute Gasteiger partial charge is 0.276 e. The molecule has 0 fully saturated rings. The van der Waals surface area contributed by atoms with Crippen LogP contribution in [0.15, 0.2) is 85.2 Å². The smallest absolute Gasteiger partial charge is 0.149 e. The van der Waals surface area contributed by atoms with Crippen molar-refractivity contribution in [1.29, 1.82) is 0 Å². The fraction of sp³-hybridized carbons (Fsp3) is 0.0645. The molecule has 0 saturated carbocycles. The third-order valence-corrected chi connectivity index (χ3v) is 7.98. The number of hydrogen-bond acceptors (Lipinski definition) is 3. The van der Waals surface area contributed by atoms with Gasteiger partial charge in [-0.05, 0) is 81.3 Å². The second-order valence-corrected chi connectivity index (χ2v) is 9.63. The first-order valence-corrected chi connectivity index (χ1v) is 12.1. The molecular formula is C31H18N4. The van der Waals surface area contributed by atoms with Crippen LogP contribution in [0.25, 0.3) is 60.9 Å². The van der Waals surface area contributed by atoms with E-state index in [0.29, 0.717) is 0 Å². The van der Waals surface area contributed by atoms with Crippen LogP contribution < -0.4 is 0 Å². The molecule has 0 amide bonds. The van der Waals surface area contributed by atoms with Crippen LogP contribution in [-0.4, -0.2) is 19.4 Å². The minimum atomic E-state index is 0.906. The van der Waals surface area contributed by atoms with Crippen molar-refractivity contribution >= 4 is 38.6 Å². The monoisotopic (exact) mass is 446 g/mol. The fourth-order valence-corrected chi connectivity index (χ4v) is 6.49. The molecule has 0 N–H and O–H groups in total. The van der Waals surface area contributed by atoms with Gasteiger partial charge in [-0.2, -0.15) is 0 Å². The second kappa shape index (κ2) is 6.10. The van der Waals surface area contributed by atoms with Gasteiger partial charge < -0.3 is 0 Å². The molecule has 0 atom stereocenters. The fourth-order valence-electron chi connectivity index (χ4n) is 6.49. The first-order chi connectivity index (χ1) is 17.4. The van der Waals surface area contributed by atoms with Crippen LogP contribution in [0, 0.1) is 0 Å². The zero-order valence-electron chi connectivity index (χ0n) is 18.8. The topological polar surface area (TPSA) is 43.1 Å². The van der Waals surface area contributed by atoms with E-state index in [-0.39, 0.29) is 0 Å². The Morgan fingerprint density at radius 3 is 2.17 bits per heavy atom. The number of rotatable bonds is 0. The minimum absolute atomic E-state index is 0.906. The summed E-state index contributed by atoms with van der Waals surface area (Å²) < 4.78 is 2.22. The van der Waals surface area contributed by atoms with Gasteiger partial charge in [-0.25, -0.2) is 9.97 Å². The summed E-state index contributed by atoms with van der Waals surface area (Å²) in [5, 5.41) is 2.11. The van der Waals surface area contributed by atoms with Gasteiger partial charge in [0.25, 0.3) is 0 Å². The van der Waals surface area contributed by atoms with Crippen molar-refractivity contribution in [2.24, 2.45) is 0 Å². The van der Waals surface area contributed by atoms with E-state index in [9.17, 15) is 0 Å². The Labute approximate surface area is 200 Å². The highest BCUT2D eigenvalue weighted by Gasteiger charge is 2.30. The normalized spacial score (nSPS) is 13.5. The van der Waals surface area contributed by atoms with Crippen molar-refractivity contribution in [3.05, 3.63) is 107 Å². The van der Waals surface area contributed by atoms with Gasteiger partial charge in [0, 0.05) is 29.6 Å². The highest BCUT2D eigenvalue weighted by atomic mass is 15.1. The number of pyridine rings is 3. The highest BCUT2D eigenvalue weighted by molar-refractivity contribution is 6.11. The molecule has 4 heteroatoms. The zero-order chi connectivity index (χ0) is 22.7. The molecule has 162 valence electrons. The molecule has 3 aromatic carbocycles. The molecule has 4 heterocycles. The Hall–Kier alpha value is -4.57. The van der Waals surface area contributed by atoms with Crippen LogP contribution in [0.2, 0.25) is 0 Å². The molecule has 0 unspecified atom stereocenters. The van der Waals surface area contributed by atoms with Gasteiger partial charge in [0.2, 0.25) is 0 Å². The molecule has 0 bridgehead atoms. The molecular weight excluding hydrogens is 428 g/mol. The average Bonchev–Trinajstić information content (AvgIpc) is 3.60. The maximum Gasteiger partial charge on any atom is 0.149 e. The van der Waals surface area contributed by atoms with Crippen molar-refractivity contribution in [2.45, 2.75) is 12.8 Å². The summed E-state index contributed by atoms with van der Waals surface area (Å²) in [6.45, 7) is 0. The summed E-state index contributed by atoms with van der Waals surface area (Å²) >= 11 is 0.